The molecule has 8 nitrogen and oxygen atoms in total. The fourth-order valence-corrected chi connectivity index (χ4v) is 3.20. The zero-order valence-electron chi connectivity index (χ0n) is 17.8. The average Bonchev–Trinajstić information content (AvgIpc) is 3.30. The van der Waals surface area contributed by atoms with Gasteiger partial charge in [-0.2, -0.15) is 5.10 Å². The molecule has 0 unspecified atom stereocenters. The molecule has 0 spiro atoms. The van der Waals surface area contributed by atoms with E-state index in [1.54, 1.807) is 18.2 Å². The molecular formula is C23H22BrN3O5. The molecule has 3 rings (SSSR count). The molecule has 0 bridgehead atoms. The number of aromatic amines is 1. The lowest BCUT2D eigenvalue weighted by Gasteiger charge is -2.13. The summed E-state index contributed by atoms with van der Waals surface area (Å²) in [7, 11) is 4.61. The van der Waals surface area contributed by atoms with E-state index in [0.717, 1.165) is 10.2 Å². The largest absolute Gasteiger partial charge is 0.493 e. The van der Waals surface area contributed by atoms with Crippen molar-refractivity contribution in [2.75, 3.05) is 34.5 Å². The van der Waals surface area contributed by atoms with Crippen LogP contribution < -0.4 is 24.3 Å². The van der Waals surface area contributed by atoms with Gasteiger partial charge in [0, 0.05) is 10.0 Å². The van der Waals surface area contributed by atoms with Crippen LogP contribution in [0.5, 0.6) is 23.0 Å². The molecule has 166 valence electrons. The van der Waals surface area contributed by atoms with Gasteiger partial charge in [-0.05, 0) is 36.4 Å². The molecule has 1 amide bonds. The van der Waals surface area contributed by atoms with Gasteiger partial charge in [0.05, 0.1) is 33.6 Å². The number of carbonyl (C=O) groups is 1. The fraction of sp³-hybridized carbons (Fsp3) is 0.217. The van der Waals surface area contributed by atoms with Crippen molar-refractivity contribution in [1.82, 2.24) is 15.5 Å². The smallest absolute Gasteiger partial charge is 0.270 e. The molecule has 0 fully saturated rings. The number of aromatic nitrogens is 2. The van der Waals surface area contributed by atoms with Crippen molar-refractivity contribution in [3.63, 3.8) is 0 Å². The number of hydrogen-bond acceptors (Lipinski definition) is 6. The van der Waals surface area contributed by atoms with Crippen LogP contribution in [0.3, 0.4) is 0 Å². The van der Waals surface area contributed by atoms with Gasteiger partial charge in [-0.3, -0.25) is 9.89 Å². The number of H-pyrrole nitrogens is 1. The van der Waals surface area contributed by atoms with Gasteiger partial charge in [0.2, 0.25) is 5.75 Å². The average molecular weight is 500 g/mol. The predicted molar refractivity (Wildman–Crippen MR) is 123 cm³/mol. The lowest BCUT2D eigenvalue weighted by molar-refractivity contribution is 0.0953. The number of carbonyl (C=O) groups excluding carboxylic acids is 1. The fourth-order valence-electron chi connectivity index (χ4n) is 2.82. The van der Waals surface area contributed by atoms with Crippen molar-refractivity contribution < 1.29 is 23.7 Å². The Morgan fingerprint density at radius 2 is 1.81 bits per heavy atom. The summed E-state index contributed by atoms with van der Waals surface area (Å²) in [6, 6.07) is 12.7. The van der Waals surface area contributed by atoms with Crippen molar-refractivity contribution in [2.45, 2.75) is 0 Å². The quantitative estimate of drug-likeness (QED) is 0.459. The molecule has 0 saturated carbocycles. The molecule has 2 aromatic carbocycles. The number of nitrogens with one attached hydrogen (secondary N) is 2. The number of methoxy groups -OCH3 is 3. The standard InChI is InChI=1S/C23H22BrN3O5/c1-29-20-11-15(12-21(30-2)22(20)31-3)18-14-19(27-26-18)23(28)25-9-4-5-10-32-17-8-6-7-16(24)13-17/h6-8,11-14H,9-10H2,1-3H3,(H,25,28)(H,26,27). The Bertz CT molecular complexity index is 1120. The molecule has 3 aromatic rings. The van der Waals surface area contributed by atoms with Crippen LogP contribution >= 0.6 is 15.9 Å². The molecule has 0 aliphatic carbocycles. The molecule has 9 heteroatoms. The highest BCUT2D eigenvalue weighted by molar-refractivity contribution is 9.10. The van der Waals surface area contributed by atoms with Crippen LogP contribution in [0.4, 0.5) is 0 Å². The number of hydrogen-bond donors (Lipinski definition) is 2. The third kappa shape index (κ3) is 5.74. The van der Waals surface area contributed by atoms with E-state index in [1.165, 1.54) is 21.3 Å². The van der Waals surface area contributed by atoms with E-state index in [4.69, 9.17) is 18.9 Å². The van der Waals surface area contributed by atoms with Crippen molar-refractivity contribution in [3.05, 3.63) is 52.6 Å². The summed E-state index contributed by atoms with van der Waals surface area (Å²) >= 11 is 3.38. The Morgan fingerprint density at radius 1 is 1.06 bits per heavy atom. The molecule has 0 aliphatic heterocycles. The Balaban J connectivity index is 1.58. The summed E-state index contributed by atoms with van der Waals surface area (Å²) in [6.07, 6.45) is 0. The zero-order chi connectivity index (χ0) is 22.9. The molecular weight excluding hydrogens is 478 g/mol. The topological polar surface area (TPSA) is 94.7 Å². The summed E-state index contributed by atoms with van der Waals surface area (Å²) in [5.74, 6) is 7.58. The minimum atomic E-state index is -0.321. The van der Waals surface area contributed by atoms with E-state index in [1.807, 2.05) is 24.3 Å². The van der Waals surface area contributed by atoms with Crippen molar-refractivity contribution in [1.29, 1.82) is 0 Å². The molecule has 0 radical (unpaired) electrons. The Hall–Kier alpha value is -3.64. The van der Waals surface area contributed by atoms with E-state index in [-0.39, 0.29) is 19.1 Å². The lowest BCUT2D eigenvalue weighted by atomic mass is 10.1. The number of amides is 1. The zero-order valence-corrected chi connectivity index (χ0v) is 19.4. The number of benzene rings is 2. The summed E-state index contributed by atoms with van der Waals surface area (Å²) in [6.45, 7) is 0.404. The van der Waals surface area contributed by atoms with Crippen LogP contribution in [0.25, 0.3) is 11.3 Å². The summed E-state index contributed by atoms with van der Waals surface area (Å²) in [5.41, 5.74) is 1.57. The highest BCUT2D eigenvalue weighted by Gasteiger charge is 2.17. The highest BCUT2D eigenvalue weighted by atomic mass is 79.9. The van der Waals surface area contributed by atoms with E-state index < -0.39 is 0 Å². The molecule has 0 atom stereocenters. The molecule has 0 saturated heterocycles. The van der Waals surface area contributed by atoms with Gasteiger partial charge in [-0.15, -0.1) is 0 Å². The van der Waals surface area contributed by atoms with Gasteiger partial charge in [0.25, 0.3) is 5.91 Å². The second kappa shape index (κ2) is 11.1. The van der Waals surface area contributed by atoms with Gasteiger partial charge in [-0.25, -0.2) is 0 Å². The number of rotatable bonds is 8. The van der Waals surface area contributed by atoms with Crippen molar-refractivity contribution in [3.8, 4) is 46.1 Å². The second-order valence-corrected chi connectivity index (χ2v) is 7.28. The van der Waals surface area contributed by atoms with Gasteiger partial charge >= 0.3 is 0 Å². The first-order valence-electron chi connectivity index (χ1n) is 9.53. The maximum Gasteiger partial charge on any atom is 0.270 e. The Morgan fingerprint density at radius 3 is 2.47 bits per heavy atom. The molecule has 1 heterocycles. The SMILES string of the molecule is COc1cc(-c2cc(C(=O)NCC#CCOc3cccc(Br)c3)[nH]n2)cc(OC)c1OC. The number of nitrogens with zero attached hydrogens (tertiary/aromatic N) is 1. The van der Waals surface area contributed by atoms with Gasteiger partial charge in [-0.1, -0.05) is 33.8 Å². The maximum absolute atomic E-state index is 12.4. The van der Waals surface area contributed by atoms with Crippen LogP contribution in [-0.2, 0) is 0 Å². The first kappa shape index (κ1) is 23.0. The molecule has 2 N–H and O–H groups in total. The van der Waals surface area contributed by atoms with E-state index in [9.17, 15) is 4.79 Å². The monoisotopic (exact) mass is 499 g/mol. The minimum Gasteiger partial charge on any atom is -0.493 e. The van der Waals surface area contributed by atoms with Gasteiger partial charge in [0.15, 0.2) is 11.5 Å². The first-order chi connectivity index (χ1) is 15.5. The summed E-state index contributed by atoms with van der Waals surface area (Å²) in [4.78, 5) is 12.4. The Labute approximate surface area is 194 Å². The first-order valence-corrected chi connectivity index (χ1v) is 10.3. The number of halogens is 1. The summed E-state index contributed by atoms with van der Waals surface area (Å²) in [5, 5.41) is 9.67. The minimum absolute atomic E-state index is 0.180. The van der Waals surface area contributed by atoms with Crippen LogP contribution in [0.15, 0.2) is 46.9 Å². The third-order valence-electron chi connectivity index (χ3n) is 4.35. The van der Waals surface area contributed by atoms with Gasteiger partial charge in [0.1, 0.15) is 18.1 Å². The van der Waals surface area contributed by atoms with E-state index in [2.05, 4.69) is 43.3 Å². The van der Waals surface area contributed by atoms with Crippen molar-refractivity contribution >= 4 is 21.8 Å². The van der Waals surface area contributed by atoms with E-state index in [0.29, 0.717) is 34.2 Å². The highest BCUT2D eigenvalue weighted by Crippen LogP contribution is 2.40. The predicted octanol–water partition coefficient (Wildman–Crippen LogP) is 3.68. The molecule has 0 aliphatic rings. The second-order valence-electron chi connectivity index (χ2n) is 6.36. The third-order valence-corrected chi connectivity index (χ3v) is 4.85. The summed E-state index contributed by atoms with van der Waals surface area (Å²) < 4.78 is 22.5. The molecule has 1 aromatic heterocycles. The van der Waals surface area contributed by atoms with E-state index >= 15 is 0 Å². The lowest BCUT2D eigenvalue weighted by Crippen LogP contribution is -2.24. The molecule has 32 heavy (non-hydrogen) atoms. The number of ether oxygens (including phenoxy) is 4. The van der Waals surface area contributed by atoms with Crippen molar-refractivity contribution in [2.24, 2.45) is 0 Å². The van der Waals surface area contributed by atoms with Gasteiger partial charge < -0.3 is 24.3 Å². The Kier molecular flexibility index (Phi) is 8.00. The van der Waals surface area contributed by atoms with Crippen LogP contribution in [-0.4, -0.2) is 50.6 Å². The normalized spacial score (nSPS) is 10.0. The van der Waals surface area contributed by atoms with Crippen LogP contribution in [0, 0.1) is 11.8 Å². The van der Waals surface area contributed by atoms with Crippen LogP contribution in [0.2, 0.25) is 0 Å². The van der Waals surface area contributed by atoms with Crippen LogP contribution in [0.1, 0.15) is 10.5 Å². The maximum atomic E-state index is 12.4.